The van der Waals surface area contributed by atoms with Crippen LogP contribution in [-0.2, 0) is 0 Å². The van der Waals surface area contributed by atoms with Crippen LogP contribution in [0, 0.1) is 19.8 Å². The Hall–Kier alpha value is -2.54. The molecule has 0 saturated heterocycles. The Morgan fingerprint density at radius 2 is 1.50 bits per heavy atom. The zero-order chi connectivity index (χ0) is 17.1. The van der Waals surface area contributed by atoms with Crippen molar-refractivity contribution >= 4 is 5.57 Å². The standard InChI is InChI=1S/C23H24O/c1-4-21(18-10-8-9-11-18)22(19-12-6-5-7-13-19)20-14-16(2)23(24)17(3)15-20/h5-15,18,24H,4H2,1-3H3/b22-21+. The summed E-state index contributed by atoms with van der Waals surface area (Å²) in [4.78, 5) is 0. The number of hydrogen-bond acceptors (Lipinski definition) is 1. The Morgan fingerprint density at radius 1 is 0.917 bits per heavy atom. The van der Waals surface area contributed by atoms with Crippen LogP contribution in [0.4, 0.5) is 0 Å². The first-order valence-corrected chi connectivity index (χ1v) is 8.55. The molecule has 0 aromatic heterocycles. The molecular formula is C23H24O. The molecule has 24 heavy (non-hydrogen) atoms. The van der Waals surface area contributed by atoms with Gasteiger partial charge in [-0.2, -0.15) is 0 Å². The monoisotopic (exact) mass is 316 g/mol. The topological polar surface area (TPSA) is 20.2 Å². The summed E-state index contributed by atoms with van der Waals surface area (Å²) in [6, 6.07) is 14.8. The van der Waals surface area contributed by atoms with Crippen LogP contribution in [0.5, 0.6) is 5.75 Å². The van der Waals surface area contributed by atoms with Gasteiger partial charge in [0, 0.05) is 5.92 Å². The maximum atomic E-state index is 10.2. The highest BCUT2D eigenvalue weighted by molar-refractivity contribution is 5.84. The number of allylic oxidation sites excluding steroid dienone is 5. The summed E-state index contributed by atoms with van der Waals surface area (Å²) in [7, 11) is 0. The fourth-order valence-corrected chi connectivity index (χ4v) is 3.49. The molecule has 1 N–H and O–H groups in total. The van der Waals surface area contributed by atoms with Crippen LogP contribution >= 0.6 is 0 Å². The highest BCUT2D eigenvalue weighted by Crippen LogP contribution is 2.37. The Morgan fingerprint density at radius 3 is 2.04 bits per heavy atom. The van der Waals surface area contributed by atoms with E-state index in [4.69, 9.17) is 0 Å². The van der Waals surface area contributed by atoms with Crippen molar-refractivity contribution in [2.75, 3.05) is 0 Å². The number of phenolic OH excluding ortho intramolecular Hbond substituents is 1. The molecule has 3 rings (SSSR count). The second kappa shape index (κ2) is 6.92. The Kier molecular flexibility index (Phi) is 4.71. The van der Waals surface area contributed by atoms with Crippen molar-refractivity contribution < 1.29 is 5.11 Å². The molecule has 1 heteroatoms. The van der Waals surface area contributed by atoms with Gasteiger partial charge in [0.2, 0.25) is 0 Å². The molecule has 0 saturated carbocycles. The maximum absolute atomic E-state index is 10.2. The molecule has 0 amide bonds. The van der Waals surface area contributed by atoms with E-state index in [0.717, 1.165) is 17.5 Å². The quantitative estimate of drug-likeness (QED) is 0.737. The van der Waals surface area contributed by atoms with Gasteiger partial charge in [0.15, 0.2) is 0 Å². The summed E-state index contributed by atoms with van der Waals surface area (Å²) in [6.07, 6.45) is 9.73. The fraction of sp³-hybridized carbons (Fsp3) is 0.217. The predicted molar refractivity (Wildman–Crippen MR) is 102 cm³/mol. The van der Waals surface area contributed by atoms with Gasteiger partial charge < -0.3 is 5.11 Å². The van der Waals surface area contributed by atoms with Crippen LogP contribution in [0.3, 0.4) is 0 Å². The normalized spacial score (nSPS) is 15.0. The van der Waals surface area contributed by atoms with Gasteiger partial charge in [-0.05, 0) is 60.2 Å². The second-order valence-corrected chi connectivity index (χ2v) is 6.37. The van der Waals surface area contributed by atoms with Crippen molar-refractivity contribution in [3.05, 3.63) is 94.6 Å². The minimum atomic E-state index is 0.347. The van der Waals surface area contributed by atoms with E-state index in [1.54, 1.807) is 0 Å². The molecule has 1 nitrogen and oxygen atoms in total. The van der Waals surface area contributed by atoms with Crippen LogP contribution < -0.4 is 0 Å². The molecule has 0 unspecified atom stereocenters. The second-order valence-electron chi connectivity index (χ2n) is 6.37. The number of benzene rings is 2. The van der Waals surface area contributed by atoms with E-state index in [2.05, 4.69) is 73.7 Å². The summed E-state index contributed by atoms with van der Waals surface area (Å²) in [6.45, 7) is 6.16. The minimum absolute atomic E-state index is 0.347. The highest BCUT2D eigenvalue weighted by Gasteiger charge is 2.18. The first-order valence-electron chi connectivity index (χ1n) is 8.55. The third kappa shape index (κ3) is 3.07. The van der Waals surface area contributed by atoms with Crippen molar-refractivity contribution in [3.8, 4) is 5.75 Å². The van der Waals surface area contributed by atoms with Gasteiger partial charge in [-0.1, -0.05) is 67.1 Å². The molecule has 0 spiro atoms. The van der Waals surface area contributed by atoms with E-state index < -0.39 is 0 Å². The number of aromatic hydroxyl groups is 1. The Bertz CT molecular complexity index is 787. The third-order valence-corrected chi connectivity index (χ3v) is 4.69. The molecule has 122 valence electrons. The molecule has 0 aliphatic heterocycles. The van der Waals surface area contributed by atoms with E-state index in [1.807, 2.05) is 13.8 Å². The smallest absolute Gasteiger partial charge is 0.121 e. The number of phenols is 1. The Labute approximate surface area is 144 Å². The lowest BCUT2D eigenvalue weighted by Gasteiger charge is -2.20. The highest BCUT2D eigenvalue weighted by atomic mass is 16.3. The van der Waals surface area contributed by atoms with Crippen LogP contribution in [-0.4, -0.2) is 5.11 Å². The number of hydrogen-bond donors (Lipinski definition) is 1. The molecule has 0 radical (unpaired) electrons. The zero-order valence-electron chi connectivity index (χ0n) is 14.6. The molecule has 2 aromatic rings. The zero-order valence-corrected chi connectivity index (χ0v) is 14.6. The van der Waals surface area contributed by atoms with Crippen LogP contribution in [0.1, 0.15) is 35.6 Å². The van der Waals surface area contributed by atoms with Crippen LogP contribution in [0.25, 0.3) is 5.57 Å². The predicted octanol–water partition coefficient (Wildman–Crippen LogP) is 5.96. The van der Waals surface area contributed by atoms with Gasteiger partial charge in [-0.25, -0.2) is 0 Å². The van der Waals surface area contributed by atoms with Crippen molar-refractivity contribution in [3.63, 3.8) is 0 Å². The minimum Gasteiger partial charge on any atom is -0.507 e. The first kappa shape index (κ1) is 16.3. The average Bonchev–Trinajstić information content (AvgIpc) is 3.12. The van der Waals surface area contributed by atoms with Gasteiger partial charge in [-0.3, -0.25) is 0 Å². The van der Waals surface area contributed by atoms with Crippen LogP contribution in [0.15, 0.2) is 72.3 Å². The van der Waals surface area contributed by atoms with Crippen molar-refractivity contribution in [2.45, 2.75) is 27.2 Å². The number of aryl methyl sites for hydroxylation is 2. The molecule has 0 atom stereocenters. The summed E-state index contributed by atoms with van der Waals surface area (Å²) in [5, 5.41) is 10.2. The van der Waals surface area contributed by atoms with Crippen molar-refractivity contribution in [2.24, 2.45) is 5.92 Å². The molecule has 0 bridgehead atoms. The lowest BCUT2D eigenvalue weighted by Crippen LogP contribution is -2.02. The van der Waals surface area contributed by atoms with E-state index in [1.165, 1.54) is 22.3 Å². The van der Waals surface area contributed by atoms with Gasteiger partial charge in [0.1, 0.15) is 5.75 Å². The Balaban J connectivity index is 2.27. The first-order chi connectivity index (χ1) is 11.6. The van der Waals surface area contributed by atoms with Gasteiger partial charge in [-0.15, -0.1) is 0 Å². The average molecular weight is 316 g/mol. The van der Waals surface area contributed by atoms with Crippen molar-refractivity contribution in [1.82, 2.24) is 0 Å². The van der Waals surface area contributed by atoms with Gasteiger partial charge >= 0.3 is 0 Å². The molecule has 1 aliphatic carbocycles. The lowest BCUT2D eigenvalue weighted by molar-refractivity contribution is 0.467. The largest absolute Gasteiger partial charge is 0.507 e. The van der Waals surface area contributed by atoms with E-state index in [-0.39, 0.29) is 0 Å². The van der Waals surface area contributed by atoms with E-state index in [9.17, 15) is 5.11 Å². The number of rotatable bonds is 4. The molecule has 0 fully saturated rings. The van der Waals surface area contributed by atoms with Crippen LogP contribution in [0.2, 0.25) is 0 Å². The van der Waals surface area contributed by atoms with Gasteiger partial charge in [0.05, 0.1) is 0 Å². The molecule has 0 heterocycles. The van der Waals surface area contributed by atoms with E-state index >= 15 is 0 Å². The SMILES string of the molecule is CC/C(=C(/c1ccccc1)c1cc(C)c(O)c(C)c1)C1C=CC=C1. The fourth-order valence-electron chi connectivity index (χ4n) is 3.49. The molecule has 1 aliphatic rings. The maximum Gasteiger partial charge on any atom is 0.121 e. The molecule has 2 aromatic carbocycles. The summed E-state index contributed by atoms with van der Waals surface area (Å²) in [5.41, 5.74) is 6.95. The lowest BCUT2D eigenvalue weighted by atomic mass is 9.84. The summed E-state index contributed by atoms with van der Waals surface area (Å²) >= 11 is 0. The van der Waals surface area contributed by atoms with Crippen molar-refractivity contribution in [1.29, 1.82) is 0 Å². The molecular weight excluding hydrogens is 292 g/mol. The third-order valence-electron chi connectivity index (χ3n) is 4.69. The summed E-state index contributed by atoms with van der Waals surface area (Å²) in [5.74, 6) is 0.740. The van der Waals surface area contributed by atoms with Gasteiger partial charge in [0.25, 0.3) is 0 Å². The summed E-state index contributed by atoms with van der Waals surface area (Å²) < 4.78 is 0. The van der Waals surface area contributed by atoms with E-state index in [0.29, 0.717) is 11.7 Å².